The molecule has 34 heavy (non-hydrogen) atoms. The number of hydrogen-bond donors (Lipinski definition) is 3. The maximum atomic E-state index is 12.6. The van der Waals surface area contributed by atoms with E-state index in [1.165, 1.54) is 24.3 Å². The molecular formula is C25H27N3O5S. The number of hydrogen-bond acceptors (Lipinski definition) is 5. The second kappa shape index (κ2) is 10.4. The molecule has 0 heterocycles. The minimum atomic E-state index is -3.81. The number of anilines is 1. The Hall–Kier alpha value is -3.85. The highest BCUT2D eigenvalue weighted by molar-refractivity contribution is 7.92. The SMILES string of the molecule is Cc1ccc(NS(=O)(=O)c2ccc(C(=O)NNC(=O)C(C)Oc3cccc(C)c3C)cc2)cc1. The monoisotopic (exact) mass is 481 g/mol. The van der Waals surface area contributed by atoms with Crippen molar-refractivity contribution in [3.8, 4) is 5.75 Å². The largest absolute Gasteiger partial charge is 0.481 e. The third-order valence-electron chi connectivity index (χ3n) is 5.26. The zero-order valence-corrected chi connectivity index (χ0v) is 20.2. The molecule has 1 atom stereocenters. The first-order valence-electron chi connectivity index (χ1n) is 10.6. The normalized spacial score (nSPS) is 11.9. The summed E-state index contributed by atoms with van der Waals surface area (Å²) in [7, 11) is -3.81. The molecule has 0 aliphatic carbocycles. The van der Waals surface area contributed by atoms with E-state index in [0.717, 1.165) is 16.7 Å². The molecular weight excluding hydrogens is 454 g/mol. The highest BCUT2D eigenvalue weighted by atomic mass is 32.2. The minimum absolute atomic E-state index is 0.00390. The summed E-state index contributed by atoms with van der Waals surface area (Å²) in [6, 6.07) is 17.9. The Morgan fingerprint density at radius 1 is 0.853 bits per heavy atom. The van der Waals surface area contributed by atoms with Crippen molar-refractivity contribution in [3.05, 3.63) is 89.0 Å². The molecule has 0 saturated carbocycles. The molecule has 0 radical (unpaired) electrons. The number of carbonyl (C=O) groups excluding carboxylic acids is 2. The molecule has 0 aliphatic heterocycles. The van der Waals surface area contributed by atoms with Crippen molar-refractivity contribution in [1.29, 1.82) is 0 Å². The molecule has 8 nitrogen and oxygen atoms in total. The van der Waals surface area contributed by atoms with Crippen LogP contribution in [0.5, 0.6) is 5.75 Å². The Morgan fingerprint density at radius 3 is 2.15 bits per heavy atom. The van der Waals surface area contributed by atoms with E-state index in [4.69, 9.17) is 4.74 Å². The average molecular weight is 482 g/mol. The summed E-state index contributed by atoms with van der Waals surface area (Å²) in [5.41, 5.74) is 8.23. The van der Waals surface area contributed by atoms with Crippen molar-refractivity contribution < 1.29 is 22.7 Å². The molecule has 2 amide bonds. The van der Waals surface area contributed by atoms with E-state index in [1.54, 1.807) is 37.3 Å². The second-order valence-electron chi connectivity index (χ2n) is 7.90. The molecule has 3 rings (SSSR count). The molecule has 0 bridgehead atoms. The van der Waals surface area contributed by atoms with Crippen LogP contribution in [-0.2, 0) is 14.8 Å². The van der Waals surface area contributed by atoms with Gasteiger partial charge in [0.2, 0.25) is 0 Å². The van der Waals surface area contributed by atoms with Crippen molar-refractivity contribution in [2.45, 2.75) is 38.7 Å². The first-order chi connectivity index (χ1) is 16.1. The Kier molecular flexibility index (Phi) is 7.57. The van der Waals surface area contributed by atoms with Gasteiger partial charge in [0.1, 0.15) is 5.75 Å². The molecule has 0 aliphatic rings. The van der Waals surface area contributed by atoms with E-state index in [9.17, 15) is 18.0 Å². The van der Waals surface area contributed by atoms with Gasteiger partial charge in [-0.15, -0.1) is 0 Å². The van der Waals surface area contributed by atoms with Crippen LogP contribution in [0.3, 0.4) is 0 Å². The highest BCUT2D eigenvalue weighted by Crippen LogP contribution is 2.22. The predicted octanol–water partition coefficient (Wildman–Crippen LogP) is 3.64. The maximum absolute atomic E-state index is 12.6. The van der Waals surface area contributed by atoms with E-state index in [1.807, 2.05) is 32.9 Å². The average Bonchev–Trinajstić information content (AvgIpc) is 2.81. The predicted molar refractivity (Wildman–Crippen MR) is 130 cm³/mol. The van der Waals surface area contributed by atoms with Crippen molar-refractivity contribution in [2.75, 3.05) is 4.72 Å². The Labute approximate surface area is 199 Å². The number of rotatable bonds is 7. The van der Waals surface area contributed by atoms with Crippen LogP contribution in [0.1, 0.15) is 34.0 Å². The molecule has 0 fully saturated rings. The standard InChI is InChI=1S/C25H27N3O5S/c1-16-8-12-21(13-9-16)28-34(31,32)22-14-10-20(11-15-22)25(30)27-26-24(29)19(4)33-23-7-5-6-17(2)18(23)3/h5-15,19,28H,1-4H3,(H,26,29)(H,27,30). The number of hydrazine groups is 1. The second-order valence-corrected chi connectivity index (χ2v) is 9.58. The van der Waals surface area contributed by atoms with Crippen LogP contribution < -0.4 is 20.3 Å². The number of ether oxygens (including phenoxy) is 1. The van der Waals surface area contributed by atoms with Crippen LogP contribution in [0, 0.1) is 20.8 Å². The third-order valence-corrected chi connectivity index (χ3v) is 6.65. The molecule has 0 spiro atoms. The van der Waals surface area contributed by atoms with Gasteiger partial charge >= 0.3 is 0 Å². The van der Waals surface area contributed by atoms with Crippen molar-refractivity contribution in [3.63, 3.8) is 0 Å². The highest BCUT2D eigenvalue weighted by Gasteiger charge is 2.18. The van der Waals surface area contributed by atoms with Crippen molar-refractivity contribution in [1.82, 2.24) is 10.9 Å². The van der Waals surface area contributed by atoms with E-state index >= 15 is 0 Å². The lowest BCUT2D eigenvalue weighted by atomic mass is 10.1. The maximum Gasteiger partial charge on any atom is 0.279 e. The van der Waals surface area contributed by atoms with Crippen LogP contribution in [0.25, 0.3) is 0 Å². The molecule has 9 heteroatoms. The lowest BCUT2D eigenvalue weighted by Gasteiger charge is -2.17. The van der Waals surface area contributed by atoms with E-state index in [2.05, 4.69) is 15.6 Å². The van der Waals surface area contributed by atoms with Gasteiger partial charge in [0, 0.05) is 11.3 Å². The fourth-order valence-corrected chi connectivity index (χ4v) is 4.07. The van der Waals surface area contributed by atoms with E-state index in [0.29, 0.717) is 11.4 Å². The van der Waals surface area contributed by atoms with Gasteiger partial charge in [0.15, 0.2) is 6.10 Å². The number of nitrogens with one attached hydrogen (secondary N) is 3. The van der Waals surface area contributed by atoms with E-state index < -0.39 is 27.9 Å². The van der Waals surface area contributed by atoms with Crippen molar-refractivity contribution >= 4 is 27.5 Å². The van der Waals surface area contributed by atoms with Gasteiger partial charge in [-0.1, -0.05) is 29.8 Å². The van der Waals surface area contributed by atoms with Gasteiger partial charge in [-0.25, -0.2) is 8.42 Å². The quantitative estimate of drug-likeness (QED) is 0.446. The fourth-order valence-electron chi connectivity index (χ4n) is 3.01. The number of sulfonamides is 1. The number of amides is 2. The van der Waals surface area contributed by atoms with Crippen LogP contribution in [0.4, 0.5) is 5.69 Å². The number of carbonyl (C=O) groups is 2. The van der Waals surface area contributed by atoms with Gasteiger partial charge in [-0.2, -0.15) is 0 Å². The third kappa shape index (κ3) is 6.14. The molecule has 178 valence electrons. The lowest BCUT2D eigenvalue weighted by Crippen LogP contribution is -2.47. The van der Waals surface area contributed by atoms with Crippen molar-refractivity contribution in [2.24, 2.45) is 0 Å². The first-order valence-corrected chi connectivity index (χ1v) is 12.1. The zero-order chi connectivity index (χ0) is 24.9. The molecule has 0 saturated heterocycles. The van der Waals surface area contributed by atoms with Gasteiger partial charge < -0.3 is 4.74 Å². The van der Waals surface area contributed by atoms with Gasteiger partial charge in [0.25, 0.3) is 21.8 Å². The van der Waals surface area contributed by atoms with Crippen LogP contribution in [0.2, 0.25) is 0 Å². The topological polar surface area (TPSA) is 114 Å². The Morgan fingerprint density at radius 2 is 1.50 bits per heavy atom. The minimum Gasteiger partial charge on any atom is -0.481 e. The lowest BCUT2D eigenvalue weighted by molar-refractivity contribution is -0.128. The Balaban J connectivity index is 1.57. The molecule has 1 unspecified atom stereocenters. The summed E-state index contributed by atoms with van der Waals surface area (Å²) >= 11 is 0. The summed E-state index contributed by atoms with van der Waals surface area (Å²) in [6.45, 7) is 7.33. The van der Waals surface area contributed by atoms with Gasteiger partial charge in [-0.3, -0.25) is 25.2 Å². The first kappa shape index (κ1) is 24.8. The van der Waals surface area contributed by atoms with Gasteiger partial charge in [-0.05, 0) is 81.3 Å². The zero-order valence-electron chi connectivity index (χ0n) is 19.4. The summed E-state index contributed by atoms with van der Waals surface area (Å²) in [5, 5.41) is 0. The molecule has 0 aromatic heterocycles. The smallest absolute Gasteiger partial charge is 0.279 e. The van der Waals surface area contributed by atoms with Crippen LogP contribution in [0.15, 0.2) is 71.6 Å². The molecule has 3 aromatic rings. The fraction of sp³-hybridized carbons (Fsp3) is 0.200. The number of aryl methyl sites for hydroxylation is 2. The van der Waals surface area contributed by atoms with E-state index in [-0.39, 0.29) is 10.5 Å². The molecule has 3 aromatic carbocycles. The Bertz CT molecular complexity index is 1290. The van der Waals surface area contributed by atoms with Gasteiger partial charge in [0.05, 0.1) is 4.90 Å². The summed E-state index contributed by atoms with van der Waals surface area (Å²) in [6.07, 6.45) is -0.846. The summed E-state index contributed by atoms with van der Waals surface area (Å²) in [5.74, 6) is -0.538. The number of benzene rings is 3. The summed E-state index contributed by atoms with van der Waals surface area (Å²) in [4.78, 5) is 24.7. The molecule has 3 N–H and O–H groups in total. The van der Waals surface area contributed by atoms with Crippen LogP contribution >= 0.6 is 0 Å². The summed E-state index contributed by atoms with van der Waals surface area (Å²) < 4.78 is 33.3. The van der Waals surface area contributed by atoms with Crippen LogP contribution in [-0.4, -0.2) is 26.3 Å².